The summed E-state index contributed by atoms with van der Waals surface area (Å²) in [7, 11) is 0. The van der Waals surface area contributed by atoms with Gasteiger partial charge in [-0.3, -0.25) is 0 Å². The Hall–Kier alpha value is -1.16. The van der Waals surface area contributed by atoms with Crippen LogP contribution in [0.25, 0.3) is 0 Å². The number of nitrogens with one attached hydrogen (secondary N) is 1. The molecule has 1 aliphatic rings. The fourth-order valence-electron chi connectivity index (χ4n) is 2.53. The van der Waals surface area contributed by atoms with Crippen molar-refractivity contribution in [2.24, 2.45) is 0 Å². The van der Waals surface area contributed by atoms with Crippen LogP contribution >= 0.6 is 0 Å². The third-order valence-corrected chi connectivity index (χ3v) is 3.24. The maximum absolute atomic E-state index is 13.7. The number of benzene rings is 1. The lowest BCUT2D eigenvalue weighted by atomic mass is 10.0. The number of anilines is 1. The summed E-state index contributed by atoms with van der Waals surface area (Å²) in [6.07, 6.45) is 2.09. The van der Waals surface area contributed by atoms with E-state index < -0.39 is 0 Å². The first kappa shape index (κ1) is 13.3. The normalized spacial score (nSPS) is 20.5. The van der Waals surface area contributed by atoms with Crippen molar-refractivity contribution in [3.05, 3.63) is 29.8 Å². The van der Waals surface area contributed by atoms with E-state index in [-0.39, 0.29) is 11.6 Å². The first-order chi connectivity index (χ1) is 8.56. The molecular weight excluding hydrogens is 234 g/mol. The summed E-state index contributed by atoms with van der Waals surface area (Å²) in [5, 5.41) is 3.46. The number of nitrogens with zero attached hydrogens (tertiary/aromatic N) is 1. The lowest BCUT2D eigenvalue weighted by Gasteiger charge is -2.35. The molecule has 1 aromatic rings. The Labute approximate surface area is 107 Å². The van der Waals surface area contributed by atoms with Crippen LogP contribution < -0.4 is 10.2 Å². The highest BCUT2D eigenvalue weighted by atomic mass is 19.1. The fraction of sp³-hybridized carbons (Fsp3) is 0.571. The smallest absolute Gasteiger partial charge is 0.146 e. The van der Waals surface area contributed by atoms with Gasteiger partial charge in [-0.15, -0.1) is 0 Å². The largest absolute Gasteiger partial charge is 0.368 e. The Morgan fingerprint density at radius 3 is 2.83 bits per heavy atom. The number of hydrogen-bond donors (Lipinski definition) is 1. The molecule has 1 atom stereocenters. The average Bonchev–Trinajstić information content (AvgIpc) is 2.32. The zero-order chi connectivity index (χ0) is 13.1. The summed E-state index contributed by atoms with van der Waals surface area (Å²) in [4.78, 5) is 1.93. The number of piperidine rings is 1. The first-order valence-electron chi connectivity index (χ1n) is 6.52. The van der Waals surface area contributed by atoms with E-state index in [0.717, 1.165) is 32.0 Å². The van der Waals surface area contributed by atoms with Crippen LogP contribution in [0.1, 0.15) is 26.7 Å². The fourth-order valence-corrected chi connectivity index (χ4v) is 2.53. The number of hydrogen-bond acceptors (Lipinski definition) is 2. The molecule has 2 rings (SSSR count). The average molecular weight is 254 g/mol. The minimum atomic E-state index is -0.384. The van der Waals surface area contributed by atoms with Crippen LogP contribution in [0.5, 0.6) is 0 Å². The van der Waals surface area contributed by atoms with E-state index in [0.29, 0.717) is 17.8 Å². The van der Waals surface area contributed by atoms with Gasteiger partial charge in [0, 0.05) is 31.2 Å². The van der Waals surface area contributed by atoms with Gasteiger partial charge in [-0.2, -0.15) is 0 Å². The lowest BCUT2D eigenvalue weighted by Crippen LogP contribution is -2.48. The van der Waals surface area contributed by atoms with Crippen molar-refractivity contribution in [1.82, 2.24) is 5.32 Å². The van der Waals surface area contributed by atoms with E-state index in [4.69, 9.17) is 0 Å². The summed E-state index contributed by atoms with van der Waals surface area (Å²) in [5.41, 5.74) is 0.380. The monoisotopic (exact) mass is 254 g/mol. The summed E-state index contributed by atoms with van der Waals surface area (Å²) < 4.78 is 26.9. The second kappa shape index (κ2) is 5.65. The topological polar surface area (TPSA) is 15.3 Å². The minimum Gasteiger partial charge on any atom is -0.368 e. The highest BCUT2D eigenvalue weighted by molar-refractivity contribution is 5.48. The molecule has 1 saturated heterocycles. The van der Waals surface area contributed by atoms with Crippen LogP contribution in [0.3, 0.4) is 0 Å². The molecule has 0 aliphatic carbocycles. The standard InChI is InChI=1S/C14H20F2N2/c1-10(2)17-12-4-3-7-18(9-12)14-8-11(15)5-6-13(14)16/h5-6,8,10,12,17H,3-4,7,9H2,1-2H3. The zero-order valence-corrected chi connectivity index (χ0v) is 10.9. The van der Waals surface area contributed by atoms with Gasteiger partial charge in [-0.05, 0) is 25.0 Å². The van der Waals surface area contributed by atoms with Gasteiger partial charge in [-0.25, -0.2) is 8.78 Å². The van der Waals surface area contributed by atoms with Crippen molar-refractivity contribution < 1.29 is 8.78 Å². The van der Waals surface area contributed by atoms with Crippen LogP contribution in [0.4, 0.5) is 14.5 Å². The SMILES string of the molecule is CC(C)NC1CCCN(c2cc(F)ccc2F)C1. The Balaban J connectivity index is 2.10. The molecule has 0 radical (unpaired) electrons. The van der Waals surface area contributed by atoms with E-state index in [1.807, 2.05) is 4.90 Å². The number of halogens is 2. The van der Waals surface area contributed by atoms with Crippen LogP contribution in [0, 0.1) is 11.6 Å². The Morgan fingerprint density at radius 2 is 2.11 bits per heavy atom. The van der Waals surface area contributed by atoms with Crippen molar-refractivity contribution in [2.75, 3.05) is 18.0 Å². The van der Waals surface area contributed by atoms with Gasteiger partial charge in [0.1, 0.15) is 11.6 Å². The molecule has 0 spiro atoms. The summed E-state index contributed by atoms with van der Waals surface area (Å²) >= 11 is 0. The van der Waals surface area contributed by atoms with E-state index in [2.05, 4.69) is 19.2 Å². The third kappa shape index (κ3) is 3.19. The van der Waals surface area contributed by atoms with E-state index in [1.165, 1.54) is 12.1 Å². The van der Waals surface area contributed by atoms with Crippen LogP contribution in [-0.2, 0) is 0 Å². The van der Waals surface area contributed by atoms with Gasteiger partial charge in [0.25, 0.3) is 0 Å². The molecule has 18 heavy (non-hydrogen) atoms. The second-order valence-corrected chi connectivity index (χ2v) is 5.20. The predicted octanol–water partition coefficient (Wildman–Crippen LogP) is 2.93. The highest BCUT2D eigenvalue weighted by Gasteiger charge is 2.22. The summed E-state index contributed by atoms with van der Waals surface area (Å²) in [6.45, 7) is 5.72. The summed E-state index contributed by atoms with van der Waals surface area (Å²) in [5.74, 6) is -0.730. The van der Waals surface area contributed by atoms with Gasteiger partial charge in [-0.1, -0.05) is 13.8 Å². The van der Waals surface area contributed by atoms with E-state index in [1.54, 1.807) is 0 Å². The maximum atomic E-state index is 13.7. The molecule has 0 amide bonds. The molecule has 1 aliphatic heterocycles. The lowest BCUT2D eigenvalue weighted by molar-refractivity contribution is 0.392. The van der Waals surface area contributed by atoms with Crippen molar-refractivity contribution in [2.45, 2.75) is 38.8 Å². The maximum Gasteiger partial charge on any atom is 0.146 e. The van der Waals surface area contributed by atoms with E-state index in [9.17, 15) is 8.78 Å². The van der Waals surface area contributed by atoms with Crippen LogP contribution in [0.15, 0.2) is 18.2 Å². The predicted molar refractivity (Wildman–Crippen MR) is 69.9 cm³/mol. The van der Waals surface area contributed by atoms with Gasteiger partial charge in [0.05, 0.1) is 5.69 Å². The quantitative estimate of drug-likeness (QED) is 0.892. The Bertz CT molecular complexity index is 407. The van der Waals surface area contributed by atoms with Gasteiger partial charge < -0.3 is 10.2 Å². The molecule has 1 unspecified atom stereocenters. The van der Waals surface area contributed by atoms with Gasteiger partial charge >= 0.3 is 0 Å². The zero-order valence-electron chi connectivity index (χ0n) is 10.9. The molecule has 1 fully saturated rings. The molecule has 4 heteroatoms. The Morgan fingerprint density at radius 1 is 1.33 bits per heavy atom. The van der Waals surface area contributed by atoms with E-state index >= 15 is 0 Å². The molecule has 0 bridgehead atoms. The first-order valence-corrected chi connectivity index (χ1v) is 6.52. The molecule has 100 valence electrons. The summed E-state index contributed by atoms with van der Waals surface area (Å²) in [6, 6.07) is 4.40. The van der Waals surface area contributed by atoms with Crippen LogP contribution in [0.2, 0.25) is 0 Å². The second-order valence-electron chi connectivity index (χ2n) is 5.20. The van der Waals surface area contributed by atoms with Gasteiger partial charge in [0.15, 0.2) is 0 Å². The van der Waals surface area contributed by atoms with Crippen LogP contribution in [-0.4, -0.2) is 25.2 Å². The highest BCUT2D eigenvalue weighted by Crippen LogP contribution is 2.24. The molecule has 1 aromatic carbocycles. The van der Waals surface area contributed by atoms with Crippen molar-refractivity contribution in [3.63, 3.8) is 0 Å². The molecular formula is C14H20F2N2. The molecule has 2 nitrogen and oxygen atoms in total. The van der Waals surface area contributed by atoms with Gasteiger partial charge in [0.2, 0.25) is 0 Å². The van der Waals surface area contributed by atoms with Crippen molar-refractivity contribution in [3.8, 4) is 0 Å². The minimum absolute atomic E-state index is 0.346. The molecule has 1 N–H and O–H groups in total. The van der Waals surface area contributed by atoms with Crippen molar-refractivity contribution >= 4 is 5.69 Å². The molecule has 0 saturated carbocycles. The Kier molecular flexibility index (Phi) is 4.17. The van der Waals surface area contributed by atoms with Crippen molar-refractivity contribution in [1.29, 1.82) is 0 Å². The number of rotatable bonds is 3. The molecule has 0 aromatic heterocycles. The third-order valence-electron chi connectivity index (χ3n) is 3.24. The molecule has 1 heterocycles.